The molecule has 112 valence electrons. The van der Waals surface area contributed by atoms with Crippen LogP contribution in [0, 0.1) is 0 Å². The quantitative estimate of drug-likeness (QED) is 0.817. The highest BCUT2D eigenvalue weighted by molar-refractivity contribution is 7.98. The molecule has 2 rings (SSSR count). The Morgan fingerprint density at radius 2 is 2.05 bits per heavy atom. The minimum absolute atomic E-state index is 0.360. The summed E-state index contributed by atoms with van der Waals surface area (Å²) in [6, 6.07) is 9.90. The Hall–Kier alpha value is -0.550. The van der Waals surface area contributed by atoms with Crippen molar-refractivity contribution < 1.29 is 0 Å². The average Bonchev–Trinajstić information content (AvgIpc) is 2.88. The fraction of sp³-hybridized carbons (Fsp3) is 0.625. The van der Waals surface area contributed by atoms with E-state index in [9.17, 15) is 0 Å². The maximum Gasteiger partial charge on any atom is 0.0473 e. The Kier molecular flexibility index (Phi) is 5.90. The highest BCUT2D eigenvalue weighted by atomic mass is 32.2. The molecule has 1 saturated heterocycles. The van der Waals surface area contributed by atoms with Gasteiger partial charge in [-0.3, -0.25) is 4.90 Å². The second-order valence-electron chi connectivity index (χ2n) is 5.82. The molecular formula is C16H27N3S. The first-order valence-electron chi connectivity index (χ1n) is 7.40. The van der Waals surface area contributed by atoms with Crippen LogP contribution in [0.25, 0.3) is 0 Å². The van der Waals surface area contributed by atoms with Gasteiger partial charge in [0.1, 0.15) is 0 Å². The van der Waals surface area contributed by atoms with Gasteiger partial charge in [0.2, 0.25) is 0 Å². The van der Waals surface area contributed by atoms with Gasteiger partial charge >= 0.3 is 0 Å². The van der Waals surface area contributed by atoms with Gasteiger partial charge < -0.3 is 10.6 Å². The van der Waals surface area contributed by atoms with Crippen LogP contribution in [0.5, 0.6) is 0 Å². The number of likely N-dealkylation sites (tertiary alicyclic amines) is 1. The Labute approximate surface area is 127 Å². The summed E-state index contributed by atoms with van der Waals surface area (Å²) in [5.74, 6) is 0. The Morgan fingerprint density at radius 3 is 2.60 bits per heavy atom. The molecule has 0 aromatic heterocycles. The lowest BCUT2D eigenvalue weighted by molar-refractivity contribution is 0.156. The predicted octanol–water partition coefficient (Wildman–Crippen LogP) is 2.43. The summed E-state index contributed by atoms with van der Waals surface area (Å²) in [7, 11) is 4.31. The second-order valence-corrected chi connectivity index (χ2v) is 6.70. The number of likely N-dealkylation sites (N-methyl/N-ethyl adjacent to an activating group) is 1. The molecule has 0 bridgehead atoms. The molecule has 2 atom stereocenters. The molecule has 20 heavy (non-hydrogen) atoms. The second kappa shape index (κ2) is 7.46. The topological polar surface area (TPSA) is 32.5 Å². The summed E-state index contributed by atoms with van der Waals surface area (Å²) in [6.07, 6.45) is 4.69. The monoisotopic (exact) mass is 293 g/mol. The number of thioether (sulfide) groups is 1. The zero-order valence-corrected chi connectivity index (χ0v) is 13.7. The van der Waals surface area contributed by atoms with Crippen LogP contribution in [0.3, 0.4) is 0 Å². The third-order valence-corrected chi connectivity index (χ3v) is 4.87. The van der Waals surface area contributed by atoms with E-state index < -0.39 is 0 Å². The van der Waals surface area contributed by atoms with E-state index in [0.29, 0.717) is 18.6 Å². The van der Waals surface area contributed by atoms with Gasteiger partial charge in [-0.1, -0.05) is 12.1 Å². The van der Waals surface area contributed by atoms with Crippen LogP contribution in [0.1, 0.15) is 24.4 Å². The molecule has 0 amide bonds. The number of hydrogen-bond donors (Lipinski definition) is 1. The van der Waals surface area contributed by atoms with Crippen molar-refractivity contribution in [3.8, 4) is 0 Å². The Morgan fingerprint density at radius 1 is 1.35 bits per heavy atom. The molecule has 1 aliphatic rings. The van der Waals surface area contributed by atoms with Gasteiger partial charge in [-0.25, -0.2) is 0 Å². The first-order chi connectivity index (χ1) is 9.65. The van der Waals surface area contributed by atoms with Gasteiger partial charge in [-0.2, -0.15) is 0 Å². The lowest BCUT2D eigenvalue weighted by atomic mass is 10.0. The van der Waals surface area contributed by atoms with Crippen molar-refractivity contribution in [2.24, 2.45) is 5.73 Å². The van der Waals surface area contributed by atoms with Crippen molar-refractivity contribution in [2.45, 2.75) is 29.8 Å². The zero-order valence-electron chi connectivity index (χ0n) is 12.9. The third kappa shape index (κ3) is 3.76. The van der Waals surface area contributed by atoms with Crippen LogP contribution >= 0.6 is 11.8 Å². The van der Waals surface area contributed by atoms with Crippen LogP contribution in [-0.4, -0.2) is 55.8 Å². The van der Waals surface area contributed by atoms with Crippen LogP contribution < -0.4 is 5.73 Å². The van der Waals surface area contributed by atoms with Crippen LogP contribution in [0.15, 0.2) is 29.2 Å². The van der Waals surface area contributed by atoms with E-state index >= 15 is 0 Å². The maximum atomic E-state index is 6.09. The maximum absolute atomic E-state index is 6.09. The molecule has 1 heterocycles. The van der Waals surface area contributed by atoms with E-state index in [1.165, 1.54) is 29.8 Å². The van der Waals surface area contributed by atoms with E-state index in [1.807, 2.05) is 0 Å². The molecule has 0 aliphatic carbocycles. The van der Waals surface area contributed by atoms with E-state index in [4.69, 9.17) is 5.73 Å². The SMILES string of the molecule is CSc1ccc(C(CN)N2CCCC2CN(C)C)cc1. The largest absolute Gasteiger partial charge is 0.329 e. The summed E-state index contributed by atoms with van der Waals surface area (Å²) in [5.41, 5.74) is 7.45. The van der Waals surface area contributed by atoms with E-state index in [0.717, 1.165) is 6.54 Å². The van der Waals surface area contributed by atoms with Crippen molar-refractivity contribution >= 4 is 11.8 Å². The first kappa shape index (κ1) is 15.8. The van der Waals surface area contributed by atoms with Crippen molar-refractivity contribution in [2.75, 3.05) is 40.0 Å². The van der Waals surface area contributed by atoms with Gasteiger partial charge in [0.15, 0.2) is 0 Å². The molecular weight excluding hydrogens is 266 g/mol. The first-order valence-corrected chi connectivity index (χ1v) is 8.62. The predicted molar refractivity (Wildman–Crippen MR) is 88.3 cm³/mol. The number of nitrogens with two attached hydrogens (primary N) is 1. The average molecular weight is 293 g/mol. The Bertz CT molecular complexity index is 405. The minimum Gasteiger partial charge on any atom is -0.329 e. The molecule has 1 fully saturated rings. The molecule has 2 N–H and O–H groups in total. The van der Waals surface area contributed by atoms with Crippen LogP contribution in [-0.2, 0) is 0 Å². The third-order valence-electron chi connectivity index (χ3n) is 4.12. The normalized spacial score (nSPS) is 21.6. The zero-order chi connectivity index (χ0) is 14.5. The summed E-state index contributed by atoms with van der Waals surface area (Å²) in [4.78, 5) is 6.21. The molecule has 0 radical (unpaired) electrons. The molecule has 1 aromatic carbocycles. The molecule has 1 aliphatic heterocycles. The molecule has 3 nitrogen and oxygen atoms in total. The summed E-state index contributed by atoms with van der Waals surface area (Å²) in [6.45, 7) is 2.99. The van der Waals surface area contributed by atoms with Crippen molar-refractivity contribution in [1.82, 2.24) is 9.80 Å². The highest BCUT2D eigenvalue weighted by Crippen LogP contribution is 2.30. The van der Waals surface area contributed by atoms with Crippen molar-refractivity contribution in [3.05, 3.63) is 29.8 Å². The van der Waals surface area contributed by atoms with E-state index in [-0.39, 0.29) is 0 Å². The van der Waals surface area contributed by atoms with E-state index in [2.05, 4.69) is 54.4 Å². The van der Waals surface area contributed by atoms with Gasteiger partial charge in [-0.05, 0) is 57.4 Å². The molecule has 4 heteroatoms. The van der Waals surface area contributed by atoms with Crippen molar-refractivity contribution in [3.63, 3.8) is 0 Å². The van der Waals surface area contributed by atoms with Gasteiger partial charge in [0, 0.05) is 30.1 Å². The molecule has 0 saturated carbocycles. The fourth-order valence-electron chi connectivity index (χ4n) is 3.17. The number of hydrogen-bond acceptors (Lipinski definition) is 4. The molecule has 1 aromatic rings. The standard InChI is InChI=1S/C16H27N3S/c1-18(2)12-14-5-4-10-19(14)16(11-17)13-6-8-15(20-3)9-7-13/h6-9,14,16H,4-5,10-12,17H2,1-3H3. The summed E-state index contributed by atoms with van der Waals surface area (Å²) >= 11 is 1.79. The number of nitrogens with zero attached hydrogens (tertiary/aromatic N) is 2. The lowest BCUT2D eigenvalue weighted by Gasteiger charge is -2.34. The van der Waals surface area contributed by atoms with Gasteiger partial charge in [0.05, 0.1) is 0 Å². The lowest BCUT2D eigenvalue weighted by Crippen LogP contribution is -2.42. The Balaban J connectivity index is 2.13. The number of rotatable bonds is 6. The smallest absolute Gasteiger partial charge is 0.0473 e. The molecule has 0 spiro atoms. The van der Waals surface area contributed by atoms with E-state index in [1.54, 1.807) is 11.8 Å². The summed E-state index contributed by atoms with van der Waals surface area (Å²) < 4.78 is 0. The minimum atomic E-state index is 0.360. The van der Waals surface area contributed by atoms with Gasteiger partial charge in [-0.15, -0.1) is 11.8 Å². The number of benzene rings is 1. The molecule has 2 unspecified atom stereocenters. The fourth-order valence-corrected chi connectivity index (χ4v) is 3.58. The van der Waals surface area contributed by atoms with Crippen molar-refractivity contribution in [1.29, 1.82) is 0 Å². The summed E-state index contributed by atoms with van der Waals surface area (Å²) in [5, 5.41) is 0. The highest BCUT2D eigenvalue weighted by Gasteiger charge is 2.30. The van der Waals surface area contributed by atoms with Crippen LogP contribution in [0.4, 0.5) is 0 Å². The van der Waals surface area contributed by atoms with Gasteiger partial charge in [0.25, 0.3) is 0 Å². The van der Waals surface area contributed by atoms with Crippen LogP contribution in [0.2, 0.25) is 0 Å².